The van der Waals surface area contributed by atoms with Crippen molar-refractivity contribution in [1.29, 1.82) is 0 Å². The van der Waals surface area contributed by atoms with Gasteiger partial charge in [-0.25, -0.2) is 9.18 Å². The predicted molar refractivity (Wildman–Crippen MR) is 77.6 cm³/mol. The maximum absolute atomic E-state index is 13.3. The van der Waals surface area contributed by atoms with Crippen LogP contribution < -0.4 is 10.6 Å². The van der Waals surface area contributed by atoms with Gasteiger partial charge in [-0.05, 0) is 12.1 Å². The fourth-order valence-electron chi connectivity index (χ4n) is 1.44. The zero-order valence-corrected chi connectivity index (χ0v) is 12.1. The van der Waals surface area contributed by atoms with Crippen LogP contribution in [0.1, 0.15) is 6.92 Å². The number of amides is 2. The van der Waals surface area contributed by atoms with Gasteiger partial charge in [-0.1, -0.05) is 12.1 Å². The Bertz CT molecular complexity index is 539. The number of benzene rings is 1. The summed E-state index contributed by atoms with van der Waals surface area (Å²) in [6, 6.07) is 4.68. The molecule has 0 spiro atoms. The maximum Gasteiger partial charge on any atom is 0.327 e. The number of carboxylic acid groups (broad SMARTS) is 1. The first kappa shape index (κ1) is 17.0. The number of carbonyl (C=O) groups excluding carboxylic acids is 2. The van der Waals surface area contributed by atoms with E-state index in [1.807, 2.05) is 0 Å². The van der Waals surface area contributed by atoms with Crippen molar-refractivity contribution < 1.29 is 23.9 Å². The molecule has 2 amide bonds. The summed E-state index contributed by atoms with van der Waals surface area (Å²) in [6.07, 6.45) is 0. The summed E-state index contributed by atoms with van der Waals surface area (Å²) in [5, 5.41) is 13.5. The molecular formula is C13H15FN2O4S. The smallest absolute Gasteiger partial charge is 0.327 e. The van der Waals surface area contributed by atoms with E-state index in [2.05, 4.69) is 10.6 Å². The lowest BCUT2D eigenvalue weighted by Crippen LogP contribution is -2.41. The van der Waals surface area contributed by atoms with Crippen LogP contribution >= 0.6 is 11.8 Å². The van der Waals surface area contributed by atoms with Crippen molar-refractivity contribution in [3.05, 3.63) is 30.1 Å². The van der Waals surface area contributed by atoms with Gasteiger partial charge in [0.2, 0.25) is 11.8 Å². The Labute approximate surface area is 125 Å². The molecule has 114 valence electrons. The zero-order chi connectivity index (χ0) is 15.8. The normalized spacial score (nSPS) is 11.5. The minimum absolute atomic E-state index is 0.0413. The van der Waals surface area contributed by atoms with Crippen LogP contribution in [-0.4, -0.2) is 40.4 Å². The summed E-state index contributed by atoms with van der Waals surface area (Å²) in [5.74, 6) is -2.63. The molecule has 0 saturated carbocycles. The fraction of sp³-hybridized carbons (Fsp3) is 0.308. The monoisotopic (exact) mass is 314 g/mol. The van der Waals surface area contributed by atoms with Gasteiger partial charge in [-0.15, -0.1) is 11.8 Å². The van der Waals surface area contributed by atoms with Crippen LogP contribution in [0.5, 0.6) is 0 Å². The molecule has 0 aliphatic rings. The van der Waals surface area contributed by atoms with E-state index in [4.69, 9.17) is 5.11 Å². The molecule has 6 nitrogen and oxygen atoms in total. The Kier molecular flexibility index (Phi) is 6.67. The molecule has 0 bridgehead atoms. The van der Waals surface area contributed by atoms with Crippen molar-refractivity contribution in [3.8, 4) is 0 Å². The second kappa shape index (κ2) is 8.25. The molecule has 0 heterocycles. The molecule has 1 rings (SSSR count). The minimum atomic E-state index is -1.17. The number of carbonyl (C=O) groups is 3. The molecule has 0 aliphatic carbocycles. The number of nitrogens with one attached hydrogen (secondary N) is 2. The first-order valence-corrected chi connectivity index (χ1v) is 7.17. The number of anilines is 1. The number of halogens is 1. The number of carboxylic acids is 1. The molecule has 3 N–H and O–H groups in total. The first-order valence-electron chi connectivity index (χ1n) is 6.02. The summed E-state index contributed by atoms with van der Waals surface area (Å²) in [6.45, 7) is 1.21. The van der Waals surface area contributed by atoms with E-state index >= 15 is 0 Å². The lowest BCUT2D eigenvalue weighted by Gasteiger charge is -2.12. The third kappa shape index (κ3) is 6.26. The molecule has 21 heavy (non-hydrogen) atoms. The van der Waals surface area contributed by atoms with Crippen molar-refractivity contribution in [2.45, 2.75) is 13.0 Å². The number of para-hydroxylation sites is 1. The minimum Gasteiger partial charge on any atom is -0.480 e. The molecule has 1 atom stereocenters. The average Bonchev–Trinajstić information content (AvgIpc) is 2.39. The first-order chi connectivity index (χ1) is 9.90. The standard InChI is InChI=1S/C13H15FN2O4S/c1-8(17)15-11(13(19)20)6-21-7-12(18)16-10-5-3-2-4-9(10)14/h2-5,11H,6-7H2,1H3,(H,15,17)(H,16,18)(H,19,20). The van der Waals surface area contributed by atoms with E-state index in [1.54, 1.807) is 6.07 Å². The van der Waals surface area contributed by atoms with E-state index < -0.39 is 29.6 Å². The lowest BCUT2D eigenvalue weighted by atomic mass is 10.3. The Balaban J connectivity index is 2.41. The van der Waals surface area contributed by atoms with Crippen molar-refractivity contribution in [1.82, 2.24) is 5.32 Å². The van der Waals surface area contributed by atoms with Crippen molar-refractivity contribution in [2.24, 2.45) is 0 Å². The molecule has 1 aromatic rings. The van der Waals surface area contributed by atoms with Crippen LogP contribution in [0, 0.1) is 5.82 Å². The average molecular weight is 314 g/mol. The van der Waals surface area contributed by atoms with Gasteiger partial charge in [0.05, 0.1) is 11.4 Å². The maximum atomic E-state index is 13.3. The summed E-state index contributed by atoms with van der Waals surface area (Å²) in [5.41, 5.74) is 0.0692. The van der Waals surface area contributed by atoms with Crippen molar-refractivity contribution >= 4 is 35.2 Å². The van der Waals surface area contributed by atoms with Gasteiger partial charge >= 0.3 is 5.97 Å². The van der Waals surface area contributed by atoms with Gasteiger partial charge in [0.25, 0.3) is 0 Å². The fourth-order valence-corrected chi connectivity index (χ4v) is 2.28. The van der Waals surface area contributed by atoms with Crippen LogP contribution in [0.15, 0.2) is 24.3 Å². The van der Waals surface area contributed by atoms with Crippen LogP contribution in [-0.2, 0) is 14.4 Å². The predicted octanol–water partition coefficient (Wildman–Crippen LogP) is 1.09. The largest absolute Gasteiger partial charge is 0.480 e. The van der Waals surface area contributed by atoms with Gasteiger partial charge in [-0.3, -0.25) is 9.59 Å². The highest BCUT2D eigenvalue weighted by Crippen LogP contribution is 2.13. The number of thioether (sulfide) groups is 1. The third-order valence-corrected chi connectivity index (χ3v) is 3.38. The van der Waals surface area contributed by atoms with Gasteiger partial charge in [0.1, 0.15) is 11.9 Å². The topological polar surface area (TPSA) is 95.5 Å². The van der Waals surface area contributed by atoms with Gasteiger partial charge in [0.15, 0.2) is 0 Å². The molecule has 0 aromatic heterocycles. The molecule has 0 radical (unpaired) electrons. The lowest BCUT2D eigenvalue weighted by molar-refractivity contribution is -0.140. The highest BCUT2D eigenvalue weighted by Gasteiger charge is 2.18. The molecule has 0 saturated heterocycles. The molecule has 1 unspecified atom stereocenters. The number of aliphatic carboxylic acids is 1. The highest BCUT2D eigenvalue weighted by molar-refractivity contribution is 8.00. The van der Waals surface area contributed by atoms with E-state index in [9.17, 15) is 18.8 Å². The Morgan fingerprint density at radius 2 is 2.00 bits per heavy atom. The molecule has 1 aromatic carbocycles. The Morgan fingerprint density at radius 1 is 1.33 bits per heavy atom. The Hall–Kier alpha value is -2.09. The van der Waals surface area contributed by atoms with Gasteiger partial charge in [0, 0.05) is 12.7 Å². The number of rotatable bonds is 7. The number of hydrogen-bond acceptors (Lipinski definition) is 4. The SMILES string of the molecule is CC(=O)NC(CSCC(=O)Nc1ccccc1F)C(=O)O. The highest BCUT2D eigenvalue weighted by atomic mass is 32.2. The van der Waals surface area contributed by atoms with Crippen LogP contribution in [0.25, 0.3) is 0 Å². The van der Waals surface area contributed by atoms with Crippen LogP contribution in [0.2, 0.25) is 0 Å². The van der Waals surface area contributed by atoms with Crippen LogP contribution in [0.4, 0.5) is 10.1 Å². The van der Waals surface area contributed by atoms with Crippen molar-refractivity contribution in [3.63, 3.8) is 0 Å². The molecule has 0 fully saturated rings. The zero-order valence-electron chi connectivity index (χ0n) is 11.3. The second-order valence-electron chi connectivity index (χ2n) is 4.13. The summed E-state index contributed by atoms with van der Waals surface area (Å²) in [4.78, 5) is 33.3. The van der Waals surface area contributed by atoms with E-state index in [0.717, 1.165) is 11.8 Å². The molecular weight excluding hydrogens is 299 g/mol. The van der Waals surface area contributed by atoms with Crippen LogP contribution in [0.3, 0.4) is 0 Å². The van der Waals surface area contributed by atoms with Crippen molar-refractivity contribution in [2.75, 3.05) is 16.8 Å². The van der Waals surface area contributed by atoms with E-state index in [0.29, 0.717) is 0 Å². The summed E-state index contributed by atoms with van der Waals surface area (Å²) >= 11 is 1.03. The summed E-state index contributed by atoms with van der Waals surface area (Å²) < 4.78 is 13.3. The van der Waals surface area contributed by atoms with Gasteiger partial charge < -0.3 is 15.7 Å². The summed E-state index contributed by atoms with van der Waals surface area (Å²) in [7, 11) is 0. The molecule has 0 aliphatic heterocycles. The second-order valence-corrected chi connectivity index (χ2v) is 5.16. The quantitative estimate of drug-likeness (QED) is 0.700. The molecule has 8 heteroatoms. The van der Waals surface area contributed by atoms with E-state index in [1.165, 1.54) is 25.1 Å². The third-order valence-electron chi connectivity index (χ3n) is 2.34. The van der Waals surface area contributed by atoms with E-state index in [-0.39, 0.29) is 17.2 Å². The Morgan fingerprint density at radius 3 is 2.57 bits per heavy atom. The van der Waals surface area contributed by atoms with Gasteiger partial charge in [-0.2, -0.15) is 0 Å². The number of hydrogen-bond donors (Lipinski definition) is 3.